The molecule has 9 aromatic rings. The van der Waals surface area contributed by atoms with Crippen LogP contribution in [0.2, 0.25) is 0 Å². The maximum atomic E-state index is 15.7. The first-order valence-corrected chi connectivity index (χ1v) is 28.5. The molecular weight excluding hydrogens is 1120 g/mol. The zero-order valence-electron chi connectivity index (χ0n) is 46.6. The Balaban J connectivity index is 0.795. The fraction of sp³-hybridized carbons (Fsp3) is 0.379. The van der Waals surface area contributed by atoms with E-state index in [0.717, 1.165) is 29.7 Å². The monoisotopic (exact) mass is 1170 g/mol. The molecule has 0 spiro atoms. The number of carbonyl (C=O) groups excluding carboxylic acids is 3. The normalized spacial score (nSPS) is 21.9. The van der Waals surface area contributed by atoms with Crippen molar-refractivity contribution in [3.05, 3.63) is 140 Å². The lowest BCUT2D eigenvalue weighted by molar-refractivity contribution is 0.0919. The van der Waals surface area contributed by atoms with Crippen LogP contribution >= 0.6 is 0 Å². The van der Waals surface area contributed by atoms with Gasteiger partial charge in [-0.15, -0.1) is 0 Å². The number of hydrogen-bond acceptors (Lipinski definition) is 18. The molecule has 440 valence electrons. The number of fused-ring (bicyclic) bond motifs is 3. The van der Waals surface area contributed by atoms with Crippen LogP contribution in [0, 0.1) is 17.5 Å². The number of anilines is 3. The van der Waals surface area contributed by atoms with E-state index in [-0.39, 0.29) is 123 Å². The van der Waals surface area contributed by atoms with Crippen LogP contribution in [-0.4, -0.2) is 139 Å². The lowest BCUT2D eigenvalue weighted by Gasteiger charge is -2.27. The van der Waals surface area contributed by atoms with Crippen LogP contribution in [0.15, 0.2) is 61.6 Å². The maximum Gasteiger partial charge on any atom is 0.257 e. The van der Waals surface area contributed by atoms with Crippen molar-refractivity contribution in [3.8, 4) is 17.6 Å². The molecule has 0 unspecified atom stereocenters. The highest BCUT2D eigenvalue weighted by Gasteiger charge is 2.40. The summed E-state index contributed by atoms with van der Waals surface area (Å²) in [6.45, 7) is 5.15. The van der Waals surface area contributed by atoms with Gasteiger partial charge < -0.3 is 44.9 Å². The van der Waals surface area contributed by atoms with Crippen molar-refractivity contribution in [1.82, 2.24) is 74.7 Å². The third-order valence-electron chi connectivity index (χ3n) is 17.1. The second-order valence-corrected chi connectivity index (χ2v) is 22.9. The molecule has 9 aromatic heterocycles. The van der Waals surface area contributed by atoms with Crippen LogP contribution in [0.4, 0.5) is 35.0 Å². The number of nitrogens with zero attached hydrogens (tertiary/aromatic N) is 15. The molecule has 15 heterocycles. The quantitative estimate of drug-likeness (QED) is 0.199. The van der Waals surface area contributed by atoms with Crippen LogP contribution in [0.1, 0.15) is 103 Å². The number of aromatic nitrogens is 12. The van der Waals surface area contributed by atoms with E-state index >= 15 is 13.2 Å². The smallest absolute Gasteiger partial charge is 0.257 e. The van der Waals surface area contributed by atoms with Gasteiger partial charge in [0.25, 0.3) is 17.7 Å². The zero-order valence-corrected chi connectivity index (χ0v) is 46.6. The first kappa shape index (κ1) is 53.0. The number of ether oxygens (including phenoxy) is 3. The summed E-state index contributed by atoms with van der Waals surface area (Å²) in [4.78, 5) is 76.9. The van der Waals surface area contributed by atoms with Gasteiger partial charge in [0.1, 0.15) is 77.1 Å². The standard InChI is InChI=1S/C58H54F4N18O6/c1-27-26-84-56-31(8-34(60)15-65-56)24-77-37(14-59)11-41-45(79-52(74-49(41)77)44(21-70-79)55(83)71-27)12-38-4-5-63-53(81)43-20-69-80-46(40-7-29(3)76(48(40)73-51(43)80)23-33-10-36(62)16-66-57(33)85-38)13-39-18-64-54(82)42-19-68-78-25-30-6-28(2)75(47(30)72-50(42)78)22-32-9-35(61)17-67-58(32)86-39/h8-10,15-17,19-21,25,27-29,37-39H,4-7,11-14,18,22-24,26H2,1-3H3,(H,63,81)(H,64,82)(H,71,83)/t27-,28-,29-,37+,38-,39+/m1/s1. The summed E-state index contributed by atoms with van der Waals surface area (Å²) >= 11 is 0. The number of rotatable bonds is 5. The Bertz CT molecular complexity index is 4310. The van der Waals surface area contributed by atoms with Crippen molar-refractivity contribution in [1.29, 1.82) is 0 Å². The molecule has 86 heavy (non-hydrogen) atoms. The topological polar surface area (TPSA) is 254 Å². The van der Waals surface area contributed by atoms with E-state index < -0.39 is 66.1 Å². The number of hydrogen-bond donors (Lipinski definition) is 3. The van der Waals surface area contributed by atoms with Crippen molar-refractivity contribution in [2.75, 3.05) is 41.1 Å². The molecule has 0 saturated heterocycles. The second-order valence-electron chi connectivity index (χ2n) is 22.9. The molecule has 0 radical (unpaired) electrons. The number of nitrogens with one attached hydrogen (secondary N) is 3. The van der Waals surface area contributed by atoms with Crippen molar-refractivity contribution in [3.63, 3.8) is 0 Å². The SMILES string of the molecule is C[C@@H]1COc2ncc(F)cc2CN2c3nc4c(cnn4c(C[C@H]4CCNC(=O)c5cnn6c(C[C@H]7CNC(=O)c8cnn9cc%10c(nc89)N(Cc8cc(F)cnc8O7)[C@H](C)C%10)c7c(nc56)N(Cc5cc(F)cnc5O4)[C@H](C)C7)c3C[C@H]2CF)C(=O)N1. The third-order valence-corrected chi connectivity index (χ3v) is 17.1. The van der Waals surface area contributed by atoms with Gasteiger partial charge in [-0.1, -0.05) is 0 Å². The fourth-order valence-corrected chi connectivity index (χ4v) is 12.9. The van der Waals surface area contributed by atoms with E-state index in [9.17, 15) is 18.8 Å². The Morgan fingerprint density at radius 1 is 0.581 bits per heavy atom. The molecule has 28 heteroatoms. The predicted molar refractivity (Wildman–Crippen MR) is 298 cm³/mol. The molecule has 6 atom stereocenters. The molecule has 6 bridgehead atoms. The molecule has 0 aliphatic carbocycles. The van der Waals surface area contributed by atoms with Gasteiger partial charge in [-0.25, -0.2) is 61.0 Å². The Morgan fingerprint density at radius 3 is 1.80 bits per heavy atom. The first-order valence-electron chi connectivity index (χ1n) is 28.5. The number of amides is 3. The zero-order chi connectivity index (χ0) is 58.8. The van der Waals surface area contributed by atoms with Crippen LogP contribution in [0.25, 0.3) is 16.9 Å². The summed E-state index contributed by atoms with van der Waals surface area (Å²) < 4.78 is 85.7. The van der Waals surface area contributed by atoms with E-state index in [2.05, 4.69) is 36.0 Å². The Morgan fingerprint density at radius 2 is 1.12 bits per heavy atom. The van der Waals surface area contributed by atoms with Crippen molar-refractivity contribution >= 4 is 52.1 Å². The maximum absolute atomic E-state index is 15.7. The van der Waals surface area contributed by atoms with E-state index in [1.807, 2.05) is 29.8 Å². The van der Waals surface area contributed by atoms with E-state index in [4.69, 9.17) is 39.4 Å². The molecule has 24 nitrogen and oxygen atoms in total. The molecule has 0 fully saturated rings. The molecule has 3 amide bonds. The molecule has 15 rings (SSSR count). The summed E-state index contributed by atoms with van der Waals surface area (Å²) in [5.41, 5.74) is 5.91. The molecule has 6 aliphatic heterocycles. The van der Waals surface area contributed by atoms with Gasteiger partial charge in [0, 0.05) is 83.9 Å². The number of halogens is 4. The number of alkyl halides is 1. The molecule has 6 aliphatic rings. The number of pyridine rings is 3. The minimum absolute atomic E-state index is 0.000264. The van der Waals surface area contributed by atoms with Gasteiger partial charge >= 0.3 is 0 Å². The van der Waals surface area contributed by atoms with Crippen LogP contribution in [0.5, 0.6) is 17.6 Å². The average Bonchev–Trinajstić information content (AvgIpc) is 2.59. The van der Waals surface area contributed by atoms with Gasteiger partial charge in [-0.2, -0.15) is 15.3 Å². The Kier molecular flexibility index (Phi) is 12.6. The highest BCUT2D eigenvalue weighted by molar-refractivity contribution is 6.01. The van der Waals surface area contributed by atoms with Gasteiger partial charge in [-0.05, 0) is 51.8 Å². The van der Waals surface area contributed by atoms with Crippen molar-refractivity contribution in [2.45, 2.75) is 115 Å². The second kappa shape index (κ2) is 20.5. The largest absolute Gasteiger partial charge is 0.475 e. The van der Waals surface area contributed by atoms with Crippen molar-refractivity contribution in [2.24, 2.45) is 0 Å². The van der Waals surface area contributed by atoms with Gasteiger partial charge in [0.05, 0.1) is 86.8 Å². The van der Waals surface area contributed by atoms with Crippen LogP contribution in [0.3, 0.4) is 0 Å². The molecule has 0 saturated carbocycles. The fourth-order valence-electron chi connectivity index (χ4n) is 12.9. The van der Waals surface area contributed by atoms with E-state index in [1.54, 1.807) is 25.4 Å². The highest BCUT2D eigenvalue weighted by Crippen LogP contribution is 2.41. The molecular formula is C58H54F4N18O6. The third kappa shape index (κ3) is 9.01. The molecule has 0 aromatic carbocycles. The lowest BCUT2D eigenvalue weighted by atomic mass is 10.0. The lowest BCUT2D eigenvalue weighted by Crippen LogP contribution is -2.38. The molecule has 3 N–H and O–H groups in total. The highest BCUT2D eigenvalue weighted by atomic mass is 19.1. The van der Waals surface area contributed by atoms with Crippen LogP contribution in [-0.2, 0) is 51.7 Å². The van der Waals surface area contributed by atoms with E-state index in [0.29, 0.717) is 69.6 Å². The Hall–Kier alpha value is -9.76. The summed E-state index contributed by atoms with van der Waals surface area (Å²) in [7, 11) is 0. The average molecular weight is 1180 g/mol. The van der Waals surface area contributed by atoms with Gasteiger partial charge in [0.2, 0.25) is 17.6 Å². The predicted octanol–water partition coefficient (Wildman–Crippen LogP) is 4.59. The summed E-state index contributed by atoms with van der Waals surface area (Å²) in [5, 5.41) is 23.0. The first-order chi connectivity index (χ1) is 41.7. The van der Waals surface area contributed by atoms with Crippen molar-refractivity contribution < 1.29 is 46.2 Å². The van der Waals surface area contributed by atoms with E-state index in [1.165, 1.54) is 36.8 Å². The van der Waals surface area contributed by atoms with Crippen LogP contribution < -0.4 is 44.9 Å². The number of carbonyl (C=O) groups is 3. The van der Waals surface area contributed by atoms with Gasteiger partial charge in [0.15, 0.2) is 16.9 Å². The summed E-state index contributed by atoms with van der Waals surface area (Å²) in [6, 6.07) is 2.41. The summed E-state index contributed by atoms with van der Waals surface area (Å²) in [5.74, 6) is -1.36. The Labute approximate surface area is 485 Å². The summed E-state index contributed by atoms with van der Waals surface area (Å²) in [6.07, 6.45) is 9.15. The van der Waals surface area contributed by atoms with Gasteiger partial charge in [-0.3, -0.25) is 14.4 Å². The minimum Gasteiger partial charge on any atom is -0.475 e. The minimum atomic E-state index is -0.868.